The number of imide groups is 1. The van der Waals surface area contributed by atoms with Crippen molar-refractivity contribution in [1.29, 1.82) is 5.26 Å². The molecule has 0 fully saturated rings. The van der Waals surface area contributed by atoms with E-state index < -0.39 is 11.8 Å². The van der Waals surface area contributed by atoms with E-state index in [0.717, 1.165) is 5.56 Å². The molecule has 0 unspecified atom stereocenters. The van der Waals surface area contributed by atoms with Crippen molar-refractivity contribution in [2.45, 2.75) is 6.92 Å². The van der Waals surface area contributed by atoms with Crippen LogP contribution in [0.2, 0.25) is 5.02 Å². The van der Waals surface area contributed by atoms with E-state index >= 15 is 0 Å². The smallest absolute Gasteiger partial charge is 0.269 e. The first kappa shape index (κ1) is 15.8. The molecule has 0 atom stereocenters. The normalized spacial score (nSPS) is 16.3. The molecular weight excluding hydrogens is 328 g/mol. The van der Waals surface area contributed by atoms with E-state index in [4.69, 9.17) is 21.3 Å². The molecule has 0 aliphatic carbocycles. The number of furan rings is 1. The maximum atomic E-state index is 12.0. The van der Waals surface area contributed by atoms with Crippen molar-refractivity contribution in [3.05, 3.63) is 63.9 Å². The van der Waals surface area contributed by atoms with Crippen LogP contribution in [0, 0.1) is 11.3 Å². The summed E-state index contributed by atoms with van der Waals surface area (Å²) in [7, 11) is 0. The third kappa shape index (κ3) is 2.87. The van der Waals surface area contributed by atoms with Crippen LogP contribution in [-0.4, -0.2) is 11.8 Å². The molecule has 0 saturated carbocycles. The van der Waals surface area contributed by atoms with Crippen molar-refractivity contribution in [1.82, 2.24) is 5.32 Å². The third-order valence-corrected chi connectivity index (χ3v) is 3.85. The molecule has 6 heteroatoms. The second-order valence-corrected chi connectivity index (χ2v) is 5.60. The van der Waals surface area contributed by atoms with Gasteiger partial charge in [0.25, 0.3) is 11.8 Å². The minimum absolute atomic E-state index is 0.0810. The molecule has 0 bridgehead atoms. The number of hydrogen-bond acceptors (Lipinski definition) is 4. The number of nitrogens with zero attached hydrogens (tertiary/aromatic N) is 1. The molecule has 5 nitrogen and oxygen atoms in total. The number of benzene rings is 1. The van der Waals surface area contributed by atoms with Crippen LogP contribution in [0.25, 0.3) is 17.4 Å². The summed E-state index contributed by atoms with van der Waals surface area (Å²) in [6.45, 7) is 1.56. The van der Waals surface area contributed by atoms with Crippen molar-refractivity contribution in [2.24, 2.45) is 0 Å². The summed E-state index contributed by atoms with van der Waals surface area (Å²) in [4.78, 5) is 23.6. The number of carbonyl (C=O) groups excluding carboxylic acids is 2. The monoisotopic (exact) mass is 338 g/mol. The summed E-state index contributed by atoms with van der Waals surface area (Å²) >= 11 is 5.97. The molecule has 3 rings (SSSR count). The van der Waals surface area contributed by atoms with Crippen LogP contribution in [0.15, 0.2) is 57.5 Å². The average Bonchev–Trinajstić information content (AvgIpc) is 3.00. The molecule has 24 heavy (non-hydrogen) atoms. The lowest BCUT2D eigenvalue weighted by Crippen LogP contribution is -2.37. The van der Waals surface area contributed by atoms with Gasteiger partial charge in [-0.1, -0.05) is 23.7 Å². The molecule has 0 radical (unpaired) electrons. The molecule has 2 amide bonds. The van der Waals surface area contributed by atoms with E-state index in [1.54, 1.807) is 37.3 Å². The van der Waals surface area contributed by atoms with Gasteiger partial charge in [-0.15, -0.1) is 0 Å². The standard InChI is InChI=1S/C18H11ClN2O3/c1-10-14(17(22)21-18(23)15(10)9-20)8-13-5-6-16(24-13)11-3-2-4-12(19)7-11/h2-8H,1H3,(H,21,22,23)/b14-8-. The maximum Gasteiger partial charge on any atom is 0.269 e. The number of nitriles is 1. The Morgan fingerprint density at radius 1 is 1.21 bits per heavy atom. The van der Waals surface area contributed by atoms with E-state index in [1.165, 1.54) is 6.08 Å². The Morgan fingerprint density at radius 3 is 2.71 bits per heavy atom. The van der Waals surface area contributed by atoms with Crippen LogP contribution in [0.4, 0.5) is 0 Å². The Hall–Kier alpha value is -3.10. The zero-order valence-electron chi connectivity index (χ0n) is 12.6. The molecule has 2 aromatic rings. The van der Waals surface area contributed by atoms with Crippen LogP contribution >= 0.6 is 11.6 Å². The maximum absolute atomic E-state index is 12.0. The highest BCUT2D eigenvalue weighted by atomic mass is 35.5. The van der Waals surface area contributed by atoms with E-state index in [0.29, 0.717) is 22.1 Å². The van der Waals surface area contributed by atoms with Crippen LogP contribution in [0.3, 0.4) is 0 Å². The van der Waals surface area contributed by atoms with Gasteiger partial charge in [-0.3, -0.25) is 14.9 Å². The van der Waals surface area contributed by atoms with Crippen molar-refractivity contribution in [3.63, 3.8) is 0 Å². The molecule has 1 aromatic carbocycles. The summed E-state index contributed by atoms with van der Waals surface area (Å²) in [6, 6.07) is 12.5. The molecule has 2 heterocycles. The molecule has 1 aliphatic rings. The Labute approximate surface area is 142 Å². The zero-order chi connectivity index (χ0) is 17.3. The van der Waals surface area contributed by atoms with Gasteiger partial charge in [0.1, 0.15) is 23.2 Å². The highest BCUT2D eigenvalue weighted by Gasteiger charge is 2.27. The van der Waals surface area contributed by atoms with Crippen LogP contribution in [0.1, 0.15) is 12.7 Å². The molecule has 1 N–H and O–H groups in total. The number of hydrogen-bond donors (Lipinski definition) is 1. The summed E-state index contributed by atoms with van der Waals surface area (Å²) in [5, 5.41) is 11.8. The molecule has 1 aromatic heterocycles. The number of amides is 2. The summed E-state index contributed by atoms with van der Waals surface area (Å²) in [5.74, 6) is -0.215. The first-order valence-electron chi connectivity index (χ1n) is 7.04. The molecule has 118 valence electrons. The van der Waals surface area contributed by atoms with Gasteiger partial charge in [0, 0.05) is 16.2 Å². The van der Waals surface area contributed by atoms with Crippen molar-refractivity contribution >= 4 is 29.5 Å². The minimum atomic E-state index is -0.684. The molecule has 1 aliphatic heterocycles. The van der Waals surface area contributed by atoms with Crippen molar-refractivity contribution in [3.8, 4) is 17.4 Å². The zero-order valence-corrected chi connectivity index (χ0v) is 13.3. The van der Waals surface area contributed by atoms with E-state index in [-0.39, 0.29) is 11.1 Å². The quantitative estimate of drug-likeness (QED) is 0.671. The largest absolute Gasteiger partial charge is 0.457 e. The predicted octanol–water partition coefficient (Wildman–Crippen LogP) is 3.48. The van der Waals surface area contributed by atoms with Gasteiger partial charge in [0.2, 0.25) is 0 Å². The predicted molar refractivity (Wildman–Crippen MR) is 88.6 cm³/mol. The highest BCUT2D eigenvalue weighted by Crippen LogP contribution is 2.27. The summed E-state index contributed by atoms with van der Waals surface area (Å²) in [6.07, 6.45) is 1.50. The topological polar surface area (TPSA) is 83.1 Å². The first-order valence-corrected chi connectivity index (χ1v) is 7.42. The SMILES string of the molecule is CC1=C(C#N)C(=O)NC(=O)/C1=C\c1ccc(-c2cccc(Cl)c2)o1. The van der Waals surface area contributed by atoms with Crippen LogP contribution < -0.4 is 5.32 Å². The Bertz CT molecular complexity index is 961. The average molecular weight is 339 g/mol. The lowest BCUT2D eigenvalue weighted by Gasteiger charge is -2.15. The Balaban J connectivity index is 2.01. The fourth-order valence-corrected chi connectivity index (χ4v) is 2.58. The van der Waals surface area contributed by atoms with Crippen LogP contribution in [0.5, 0.6) is 0 Å². The van der Waals surface area contributed by atoms with Gasteiger partial charge in [-0.05, 0) is 42.8 Å². The van der Waals surface area contributed by atoms with Gasteiger partial charge < -0.3 is 4.42 Å². The van der Waals surface area contributed by atoms with Crippen molar-refractivity contribution < 1.29 is 14.0 Å². The lowest BCUT2D eigenvalue weighted by atomic mass is 9.96. The number of nitrogens with one attached hydrogen (secondary N) is 1. The van der Waals surface area contributed by atoms with E-state index in [9.17, 15) is 9.59 Å². The van der Waals surface area contributed by atoms with Gasteiger partial charge in [0.15, 0.2) is 0 Å². The summed E-state index contributed by atoms with van der Waals surface area (Å²) < 4.78 is 5.71. The van der Waals surface area contributed by atoms with Gasteiger partial charge in [0.05, 0.1) is 0 Å². The second kappa shape index (κ2) is 6.19. The molecular formula is C18H11ClN2O3. The lowest BCUT2D eigenvalue weighted by molar-refractivity contribution is -0.126. The first-order chi connectivity index (χ1) is 11.5. The van der Waals surface area contributed by atoms with E-state index in [2.05, 4.69) is 5.32 Å². The van der Waals surface area contributed by atoms with Crippen molar-refractivity contribution in [2.75, 3.05) is 0 Å². The van der Waals surface area contributed by atoms with E-state index in [1.807, 2.05) is 12.1 Å². The molecule has 0 saturated heterocycles. The second-order valence-electron chi connectivity index (χ2n) is 5.17. The third-order valence-electron chi connectivity index (χ3n) is 3.61. The molecule has 0 spiro atoms. The fourth-order valence-electron chi connectivity index (χ4n) is 2.39. The highest BCUT2D eigenvalue weighted by molar-refractivity contribution is 6.30. The number of carbonyl (C=O) groups is 2. The number of rotatable bonds is 2. The Kier molecular flexibility index (Phi) is 4.07. The summed E-state index contributed by atoms with van der Waals surface area (Å²) in [5.41, 5.74) is 1.27. The van der Waals surface area contributed by atoms with Gasteiger partial charge >= 0.3 is 0 Å². The van der Waals surface area contributed by atoms with Crippen LogP contribution in [-0.2, 0) is 9.59 Å². The van der Waals surface area contributed by atoms with Gasteiger partial charge in [-0.25, -0.2) is 0 Å². The van der Waals surface area contributed by atoms with Gasteiger partial charge in [-0.2, -0.15) is 5.26 Å². The Morgan fingerprint density at radius 2 is 2.00 bits per heavy atom. The minimum Gasteiger partial charge on any atom is -0.457 e. The number of halogens is 1. The fraction of sp³-hybridized carbons (Fsp3) is 0.0556.